The van der Waals surface area contributed by atoms with Gasteiger partial charge in [0.25, 0.3) is 0 Å². The Morgan fingerprint density at radius 2 is 1.25 bits per heavy atom. The van der Waals surface area contributed by atoms with Crippen molar-refractivity contribution in [1.29, 1.82) is 0 Å². The fourth-order valence-corrected chi connectivity index (χ4v) is 9.01. The number of nitrogens with two attached hydrogens (primary N) is 1. The Balaban J connectivity index is 0.000000280. The zero-order valence-corrected chi connectivity index (χ0v) is 33.9. The number of hydrogen-bond acceptors (Lipinski definition) is 12. The number of carbonyl (C=O) groups is 2. The van der Waals surface area contributed by atoms with Crippen LogP contribution < -0.4 is 11.1 Å². The Morgan fingerprint density at radius 1 is 0.745 bits per heavy atom. The maximum Gasteiger partial charge on any atom is 0.410 e. The minimum atomic E-state index is -0.467. The van der Waals surface area contributed by atoms with Crippen LogP contribution in [-0.4, -0.2) is 76.6 Å². The van der Waals surface area contributed by atoms with Crippen LogP contribution in [0.25, 0.3) is 9.92 Å². The quantitative estimate of drug-likeness (QED) is 0.181. The SMILES string of the molecule is C.C.C.CC(C)(C)OC(=O)N1CCC[C@@H]1c1csc(N)n1.CC(C)(C)OC(=O)N1CCC[C@@H]1c1csc2nccn12.Cl.c1cn2c([C@H]3CCCN3)csc2n1. The molecule has 0 radical (unpaired) electrons. The van der Waals surface area contributed by atoms with Gasteiger partial charge < -0.3 is 20.5 Å². The molecule has 5 aromatic rings. The summed E-state index contributed by atoms with van der Waals surface area (Å²) in [5, 5.41) is 10.3. The Kier molecular flexibility index (Phi) is 17.5. The molecule has 3 N–H and O–H groups in total. The number of nitrogen functional groups attached to an aromatic ring is 1. The van der Waals surface area contributed by atoms with E-state index in [0.717, 1.165) is 66.6 Å². The molecule has 5 aromatic heterocycles. The molecule has 3 aliphatic rings. The number of anilines is 1. The number of imidazole rings is 2. The minimum absolute atomic E-state index is 0. The molecule has 0 spiro atoms. The standard InChI is InChI=1S/C14H19N3O2S.C12H19N3O2S.C9H11N3S.3CH4.ClH/c1-14(2,3)19-13(18)17-7-4-5-10(17)11-9-20-12-15-6-8-16(11)12;1-12(2,3)17-11(16)15-6-4-5-9(15)8-7-18-10(13)14-8;1-2-7(10-3-1)8-6-13-9-11-4-5-12(8)9;;;;/h6,8-10H,4-5,7H2,1-3H3;7,9H,4-6H2,1-3H3,(H2,13,14);4-7,10H,1-3H2;3*1H4;1H/t10-;9-;7-;;;;/m111..../s1. The monoisotopic (exact) mass is 839 g/mol. The summed E-state index contributed by atoms with van der Waals surface area (Å²) in [6, 6.07) is 0.643. The predicted octanol–water partition coefficient (Wildman–Crippen LogP) is 10.4. The van der Waals surface area contributed by atoms with Crippen LogP contribution >= 0.6 is 46.4 Å². The molecule has 0 saturated carbocycles. The number of rotatable bonds is 3. The Morgan fingerprint density at radius 3 is 1.75 bits per heavy atom. The smallest absolute Gasteiger partial charge is 0.410 e. The first-order valence-corrected chi connectivity index (χ1v) is 20.2. The van der Waals surface area contributed by atoms with Crippen molar-refractivity contribution in [2.45, 2.75) is 132 Å². The highest BCUT2D eigenvalue weighted by atomic mass is 35.5. The number of halogens is 1. The molecule has 8 heterocycles. The summed E-state index contributed by atoms with van der Waals surface area (Å²) >= 11 is 4.73. The van der Waals surface area contributed by atoms with Crippen LogP contribution in [0.5, 0.6) is 0 Å². The average Bonchev–Trinajstić information content (AvgIpc) is 3.88. The molecule has 55 heavy (non-hydrogen) atoms. The van der Waals surface area contributed by atoms with Gasteiger partial charge in [-0.25, -0.2) is 24.5 Å². The third-order valence-corrected chi connectivity index (χ3v) is 11.2. The number of ether oxygens (including phenoxy) is 2. The summed E-state index contributed by atoms with van der Waals surface area (Å²) in [5.74, 6) is 0. The summed E-state index contributed by atoms with van der Waals surface area (Å²) in [4.78, 5) is 42.9. The van der Waals surface area contributed by atoms with Gasteiger partial charge in [0.05, 0.1) is 29.2 Å². The van der Waals surface area contributed by atoms with Gasteiger partial charge in [0.15, 0.2) is 15.1 Å². The fraction of sp³-hybridized carbons (Fsp3) is 0.605. The molecule has 0 unspecified atom stereocenters. The van der Waals surface area contributed by atoms with Gasteiger partial charge in [0, 0.05) is 60.1 Å². The van der Waals surface area contributed by atoms with E-state index in [9.17, 15) is 9.59 Å². The fourth-order valence-electron chi connectivity index (χ4n) is 6.59. The Bertz CT molecular complexity index is 1920. The lowest BCUT2D eigenvalue weighted by Crippen LogP contribution is -2.36. The number of aromatic nitrogens is 5. The van der Waals surface area contributed by atoms with E-state index >= 15 is 0 Å². The van der Waals surface area contributed by atoms with Crippen molar-refractivity contribution in [2.75, 3.05) is 25.4 Å². The zero-order valence-electron chi connectivity index (χ0n) is 30.6. The average molecular weight is 841 g/mol. The van der Waals surface area contributed by atoms with Crippen LogP contribution in [-0.2, 0) is 9.47 Å². The number of hydrogen-bond donors (Lipinski definition) is 2. The van der Waals surface area contributed by atoms with Crippen molar-refractivity contribution >= 4 is 73.7 Å². The van der Waals surface area contributed by atoms with Gasteiger partial charge >= 0.3 is 12.2 Å². The van der Waals surface area contributed by atoms with E-state index in [1.54, 1.807) is 33.8 Å². The van der Waals surface area contributed by atoms with E-state index in [1.807, 2.05) is 70.4 Å². The van der Waals surface area contributed by atoms with Gasteiger partial charge in [-0.2, -0.15) is 0 Å². The van der Waals surface area contributed by atoms with Crippen molar-refractivity contribution in [3.63, 3.8) is 0 Å². The molecule has 2 amide bonds. The van der Waals surface area contributed by atoms with E-state index in [2.05, 4.69) is 39.8 Å². The highest BCUT2D eigenvalue weighted by Gasteiger charge is 2.36. The van der Waals surface area contributed by atoms with Gasteiger partial charge in [0.1, 0.15) is 11.2 Å². The first kappa shape index (κ1) is 47.7. The summed E-state index contributed by atoms with van der Waals surface area (Å²) < 4.78 is 15.2. The zero-order chi connectivity index (χ0) is 36.3. The Hall–Kier alpha value is -3.44. The summed E-state index contributed by atoms with van der Waals surface area (Å²) in [7, 11) is 0. The first-order chi connectivity index (χ1) is 24.3. The lowest BCUT2D eigenvalue weighted by atomic mass is 10.1. The highest BCUT2D eigenvalue weighted by Crippen LogP contribution is 2.36. The summed E-state index contributed by atoms with van der Waals surface area (Å²) in [6.07, 6.45) is 13.6. The number of nitrogens with zero attached hydrogens (tertiary/aromatic N) is 7. The van der Waals surface area contributed by atoms with Crippen molar-refractivity contribution < 1.29 is 19.1 Å². The summed E-state index contributed by atoms with van der Waals surface area (Å²) in [6.45, 7) is 13.9. The maximum atomic E-state index is 12.3. The largest absolute Gasteiger partial charge is 0.444 e. The van der Waals surface area contributed by atoms with Crippen LogP contribution in [0.3, 0.4) is 0 Å². The number of likely N-dealkylation sites (tertiary alicyclic amines) is 2. The minimum Gasteiger partial charge on any atom is -0.444 e. The molecule has 13 nitrogen and oxygen atoms in total. The van der Waals surface area contributed by atoms with Gasteiger partial charge in [-0.3, -0.25) is 18.6 Å². The van der Waals surface area contributed by atoms with Crippen LogP contribution in [0.2, 0.25) is 0 Å². The van der Waals surface area contributed by atoms with Crippen molar-refractivity contribution in [3.05, 3.63) is 58.0 Å². The van der Waals surface area contributed by atoms with Gasteiger partial charge in [-0.15, -0.1) is 46.4 Å². The molecule has 3 atom stereocenters. The molecule has 3 aliphatic heterocycles. The number of nitrogens with one attached hydrogen (secondary N) is 1. The third-order valence-electron chi connectivity index (χ3n) is 8.74. The van der Waals surface area contributed by atoms with E-state index in [4.69, 9.17) is 15.2 Å². The first-order valence-electron chi connectivity index (χ1n) is 17.5. The second-order valence-corrected chi connectivity index (χ2v) is 17.5. The highest BCUT2D eigenvalue weighted by molar-refractivity contribution is 7.15. The molecule has 0 aromatic carbocycles. The third kappa shape index (κ3) is 11.8. The normalized spacial score (nSPS) is 19.2. The van der Waals surface area contributed by atoms with Crippen molar-refractivity contribution in [1.82, 2.24) is 38.9 Å². The summed E-state index contributed by atoms with van der Waals surface area (Å²) in [5.41, 5.74) is 8.10. The second-order valence-electron chi connectivity index (χ2n) is 14.9. The van der Waals surface area contributed by atoms with Crippen molar-refractivity contribution in [3.8, 4) is 0 Å². The molecule has 0 aliphatic carbocycles. The molecule has 0 bridgehead atoms. The maximum absolute atomic E-state index is 12.3. The molecule has 17 heteroatoms. The van der Waals surface area contributed by atoms with Crippen molar-refractivity contribution in [2.24, 2.45) is 0 Å². The van der Waals surface area contributed by atoms with Gasteiger partial charge in [-0.05, 0) is 86.6 Å². The number of thiazole rings is 3. The molecular weight excluding hydrogens is 778 g/mol. The molecular formula is C38H62ClN9O4S3. The van der Waals surface area contributed by atoms with Gasteiger partial charge in [0.2, 0.25) is 0 Å². The van der Waals surface area contributed by atoms with E-state index < -0.39 is 11.2 Å². The molecule has 8 rings (SSSR count). The predicted molar refractivity (Wildman–Crippen MR) is 230 cm³/mol. The van der Waals surface area contributed by atoms with Gasteiger partial charge in [-0.1, -0.05) is 22.3 Å². The molecule has 308 valence electrons. The van der Waals surface area contributed by atoms with E-state index in [1.165, 1.54) is 29.9 Å². The van der Waals surface area contributed by atoms with Crippen LogP contribution in [0.15, 0.2) is 40.9 Å². The number of amides is 2. The number of fused-ring (bicyclic) bond motifs is 2. The van der Waals surface area contributed by atoms with Crippen LogP contribution in [0.4, 0.5) is 14.7 Å². The van der Waals surface area contributed by atoms with Crippen LogP contribution in [0, 0.1) is 0 Å². The topological polar surface area (TPSA) is 145 Å². The lowest BCUT2D eigenvalue weighted by molar-refractivity contribution is 0.0211. The number of carbonyl (C=O) groups excluding carboxylic acids is 2. The molecule has 3 saturated heterocycles. The van der Waals surface area contributed by atoms with E-state index in [0.29, 0.717) is 11.2 Å². The Labute approximate surface area is 345 Å². The van der Waals surface area contributed by atoms with E-state index in [-0.39, 0.29) is 59.0 Å². The lowest BCUT2D eigenvalue weighted by Gasteiger charge is -2.28. The molecule has 3 fully saturated rings. The van der Waals surface area contributed by atoms with Crippen LogP contribution in [0.1, 0.15) is 138 Å². The second kappa shape index (κ2) is 20.1.